The molecule has 2 nitrogen and oxygen atoms in total. The summed E-state index contributed by atoms with van der Waals surface area (Å²) in [5.41, 5.74) is 0.946. The molecule has 0 atom stereocenters. The molecule has 0 radical (unpaired) electrons. The Labute approximate surface area is 97.1 Å². The Kier molecular flexibility index (Phi) is 4.47. The van der Waals surface area contributed by atoms with Crippen LogP contribution in [0, 0.1) is 0 Å². The summed E-state index contributed by atoms with van der Waals surface area (Å²) >= 11 is 0. The number of rotatable bonds is 1. The number of carboxylic acid groups (broad SMARTS) is 1. The Morgan fingerprint density at radius 3 is 2.07 bits per heavy atom. The van der Waals surface area contributed by atoms with Crippen LogP contribution in [0.3, 0.4) is 0 Å². The summed E-state index contributed by atoms with van der Waals surface area (Å²) in [5, 5.41) is 10.8. The second-order valence-corrected chi connectivity index (χ2v) is 4.08. The summed E-state index contributed by atoms with van der Waals surface area (Å²) < 4.78 is 0. The van der Waals surface area contributed by atoms with Crippen LogP contribution in [0.25, 0.3) is 0 Å². The second kappa shape index (κ2) is 4.70. The van der Waals surface area contributed by atoms with Crippen LogP contribution in [0.5, 0.6) is 0 Å². The van der Waals surface area contributed by atoms with Crippen molar-refractivity contribution in [2.45, 2.75) is 26.2 Å². The van der Waals surface area contributed by atoms with Crippen molar-refractivity contribution in [3.8, 4) is 0 Å². The van der Waals surface area contributed by atoms with Crippen molar-refractivity contribution in [3.63, 3.8) is 0 Å². The van der Waals surface area contributed by atoms with Crippen molar-refractivity contribution >= 4 is 5.97 Å². The van der Waals surface area contributed by atoms with Crippen LogP contribution >= 0.6 is 0 Å². The van der Waals surface area contributed by atoms with Crippen LogP contribution in [0.2, 0.25) is 0 Å². The molecule has 0 fully saturated rings. The van der Waals surface area contributed by atoms with Crippen molar-refractivity contribution in [1.29, 1.82) is 0 Å². The minimum Gasteiger partial charge on any atom is -0.545 e. The smallest absolute Gasteiger partial charge is 0.545 e. The summed E-state index contributed by atoms with van der Waals surface area (Å²) in [5.74, 6) is -1.11. The molecule has 0 amide bonds. The molecule has 0 aliphatic carbocycles. The molecule has 14 heavy (non-hydrogen) atoms. The fourth-order valence-electron chi connectivity index (χ4n) is 1.32. The first-order valence-corrected chi connectivity index (χ1v) is 4.24. The molecule has 0 aliphatic rings. The first-order chi connectivity index (χ1) is 5.93. The molecule has 0 bridgehead atoms. The number of carboxylic acids is 1. The third-order valence-corrected chi connectivity index (χ3v) is 1.95. The van der Waals surface area contributed by atoms with E-state index >= 15 is 0 Å². The fourth-order valence-corrected chi connectivity index (χ4v) is 1.32. The van der Waals surface area contributed by atoms with Crippen molar-refractivity contribution in [2.24, 2.45) is 0 Å². The third kappa shape index (κ3) is 2.92. The van der Waals surface area contributed by atoms with E-state index < -0.39 is 5.97 Å². The van der Waals surface area contributed by atoms with Gasteiger partial charge in [-0.15, -0.1) is 0 Å². The number of aromatic carboxylic acids is 1. The van der Waals surface area contributed by atoms with E-state index in [0.717, 1.165) is 5.56 Å². The van der Waals surface area contributed by atoms with Gasteiger partial charge in [-0.05, 0) is 11.0 Å². The van der Waals surface area contributed by atoms with E-state index in [2.05, 4.69) is 0 Å². The van der Waals surface area contributed by atoms with Gasteiger partial charge in [-0.2, -0.15) is 0 Å². The summed E-state index contributed by atoms with van der Waals surface area (Å²) in [7, 11) is 0. The largest absolute Gasteiger partial charge is 2.00 e. The van der Waals surface area contributed by atoms with E-state index in [1.54, 1.807) is 12.1 Å². The predicted molar refractivity (Wildman–Crippen MR) is 49.5 cm³/mol. The number of carbonyl (C=O) groups excluding carboxylic acids is 1. The van der Waals surface area contributed by atoms with Gasteiger partial charge in [0, 0.05) is 5.56 Å². The zero-order valence-corrected chi connectivity index (χ0v) is 11.8. The maximum atomic E-state index is 10.8. The van der Waals surface area contributed by atoms with E-state index in [1.807, 2.05) is 32.9 Å². The van der Waals surface area contributed by atoms with Gasteiger partial charge in [0.05, 0.1) is 5.97 Å². The zero-order chi connectivity index (χ0) is 10.1. The monoisotopic (exact) mass is 241 g/mol. The van der Waals surface area contributed by atoms with Gasteiger partial charge in [0.25, 0.3) is 0 Å². The van der Waals surface area contributed by atoms with Crippen LogP contribution in [0.1, 0.15) is 36.7 Å². The number of benzene rings is 1. The molecule has 1 aromatic carbocycles. The molecule has 0 aliphatic heterocycles. The van der Waals surface area contributed by atoms with Crippen LogP contribution in [0.15, 0.2) is 24.3 Å². The second-order valence-electron chi connectivity index (χ2n) is 4.08. The number of hydrogen-bond donors (Lipinski definition) is 0. The molecule has 0 N–H and O–H groups in total. The molecule has 0 unspecified atom stereocenters. The van der Waals surface area contributed by atoms with Gasteiger partial charge in [-0.25, -0.2) is 0 Å². The van der Waals surface area contributed by atoms with E-state index in [-0.39, 0.29) is 30.5 Å². The molecule has 3 heteroatoms. The van der Waals surface area contributed by atoms with E-state index in [1.165, 1.54) is 0 Å². The maximum Gasteiger partial charge on any atom is 2.00 e. The van der Waals surface area contributed by atoms with Gasteiger partial charge in [0.2, 0.25) is 0 Å². The average molecular weight is 243 g/mol. The maximum absolute atomic E-state index is 10.8. The van der Waals surface area contributed by atoms with Gasteiger partial charge in [-0.1, -0.05) is 45.0 Å². The quantitative estimate of drug-likeness (QED) is 0.698. The van der Waals surface area contributed by atoms with Crippen molar-refractivity contribution in [2.75, 3.05) is 0 Å². The molecule has 0 saturated heterocycles. The van der Waals surface area contributed by atoms with Crippen LogP contribution in [-0.4, -0.2) is 5.97 Å². The average Bonchev–Trinajstić information content (AvgIpc) is 2.03. The molecule has 0 heterocycles. The number of hydrogen-bond acceptors (Lipinski definition) is 2. The van der Waals surface area contributed by atoms with E-state index in [4.69, 9.17) is 0 Å². The first kappa shape index (κ1) is 13.3. The Morgan fingerprint density at radius 2 is 1.71 bits per heavy atom. The normalized spacial score (nSPS) is 10.5. The minimum absolute atomic E-state index is 0. The molecule has 1 aromatic rings. The van der Waals surface area contributed by atoms with Crippen LogP contribution in [-0.2, 0) is 24.9 Å². The van der Waals surface area contributed by atoms with Gasteiger partial charge in [0.1, 0.15) is 0 Å². The van der Waals surface area contributed by atoms with Gasteiger partial charge in [0.15, 0.2) is 0 Å². The summed E-state index contributed by atoms with van der Waals surface area (Å²) in [6.45, 7) is 5.94. The van der Waals surface area contributed by atoms with Gasteiger partial charge < -0.3 is 9.90 Å². The van der Waals surface area contributed by atoms with Crippen molar-refractivity contribution in [3.05, 3.63) is 35.4 Å². The van der Waals surface area contributed by atoms with Crippen LogP contribution in [0.4, 0.5) is 0 Å². The fraction of sp³-hybridized carbons (Fsp3) is 0.364. The Hall–Kier alpha value is -0.687. The van der Waals surface area contributed by atoms with Crippen molar-refractivity contribution < 1.29 is 29.4 Å². The molecule has 1 rings (SSSR count). The van der Waals surface area contributed by atoms with Crippen molar-refractivity contribution in [1.82, 2.24) is 0 Å². The molecular formula is C11H13O2Zn+. The van der Waals surface area contributed by atoms with E-state index in [9.17, 15) is 9.90 Å². The zero-order valence-electron chi connectivity index (χ0n) is 8.83. The Bertz CT molecular complexity index is 326. The molecule has 0 spiro atoms. The Balaban J connectivity index is 0.00000169. The summed E-state index contributed by atoms with van der Waals surface area (Å²) in [6.07, 6.45) is 0. The standard InChI is InChI=1S/C11H14O2.Zn/c1-11(2,3)9-7-5-4-6-8(9)10(12)13;/h4-7H,1-3H3,(H,12,13);/q;+2/p-1. The molecular weight excluding hydrogens is 230 g/mol. The minimum atomic E-state index is -1.11. The predicted octanol–water partition coefficient (Wildman–Crippen LogP) is 1.35. The molecule has 0 aromatic heterocycles. The van der Waals surface area contributed by atoms with Gasteiger partial charge in [-0.3, -0.25) is 0 Å². The van der Waals surface area contributed by atoms with Gasteiger partial charge >= 0.3 is 19.5 Å². The van der Waals surface area contributed by atoms with E-state index in [0.29, 0.717) is 0 Å². The van der Waals surface area contributed by atoms with Crippen LogP contribution < -0.4 is 5.11 Å². The molecule has 70 valence electrons. The first-order valence-electron chi connectivity index (χ1n) is 4.24. The third-order valence-electron chi connectivity index (χ3n) is 1.95. The number of carbonyl (C=O) groups is 1. The Morgan fingerprint density at radius 1 is 1.21 bits per heavy atom. The topological polar surface area (TPSA) is 40.1 Å². The summed E-state index contributed by atoms with van der Waals surface area (Å²) in [6, 6.07) is 6.95. The SMILES string of the molecule is CC(C)(C)c1ccccc1C(=O)[O-].[Zn+2]. The summed E-state index contributed by atoms with van der Waals surface area (Å²) in [4.78, 5) is 10.8. The molecule has 0 saturated carbocycles.